The van der Waals surface area contributed by atoms with Gasteiger partial charge in [0, 0.05) is 12.7 Å². The maximum absolute atomic E-state index is 11.8. The van der Waals surface area contributed by atoms with E-state index in [1.165, 1.54) is 0 Å². The van der Waals surface area contributed by atoms with Gasteiger partial charge in [-0.05, 0) is 36.5 Å². The Morgan fingerprint density at radius 2 is 2.17 bits per heavy atom. The second-order valence-corrected chi connectivity index (χ2v) is 5.02. The molecule has 3 rings (SSSR count). The van der Waals surface area contributed by atoms with Crippen LogP contribution in [0.4, 0.5) is 5.69 Å². The van der Waals surface area contributed by atoms with Gasteiger partial charge in [-0.25, -0.2) is 4.79 Å². The number of carbonyl (C=O) groups excluding carboxylic acids is 2. The third-order valence-electron chi connectivity index (χ3n) is 4.16. The topological polar surface area (TPSA) is 49.7 Å². The van der Waals surface area contributed by atoms with Crippen LogP contribution in [0.3, 0.4) is 0 Å². The Hall–Kier alpha value is -1.93. The van der Waals surface area contributed by atoms with Gasteiger partial charge in [0.2, 0.25) is 12.0 Å². The molecule has 0 bridgehead atoms. The normalized spacial score (nSPS) is 20.1. The van der Waals surface area contributed by atoms with E-state index in [-0.39, 0.29) is 5.91 Å². The van der Waals surface area contributed by atoms with E-state index < -0.39 is 5.54 Å². The van der Waals surface area contributed by atoms with Crippen molar-refractivity contribution in [2.45, 2.75) is 31.2 Å². The highest BCUT2D eigenvalue weighted by atomic mass is 16.2. The number of fused-ring (bicyclic) bond motifs is 1. The van der Waals surface area contributed by atoms with Crippen molar-refractivity contribution < 1.29 is 9.59 Å². The summed E-state index contributed by atoms with van der Waals surface area (Å²) in [4.78, 5) is 28.1. The van der Waals surface area contributed by atoms with Crippen LogP contribution in [0, 0.1) is 0 Å². The van der Waals surface area contributed by atoms with Crippen LogP contribution in [-0.2, 0) is 21.5 Å². The zero-order valence-electron chi connectivity index (χ0n) is 10.3. The molecule has 1 amide bonds. The van der Waals surface area contributed by atoms with Crippen LogP contribution in [0.2, 0.25) is 0 Å². The lowest BCUT2D eigenvalue weighted by Gasteiger charge is -2.38. The van der Waals surface area contributed by atoms with Crippen LogP contribution in [0.25, 0.3) is 0 Å². The minimum atomic E-state index is -0.418. The van der Waals surface area contributed by atoms with Crippen molar-refractivity contribution in [3.05, 3.63) is 29.3 Å². The summed E-state index contributed by atoms with van der Waals surface area (Å²) in [5.74, 6) is 0.0991. The summed E-state index contributed by atoms with van der Waals surface area (Å²) in [6.45, 7) is 0. The molecule has 1 saturated carbocycles. The van der Waals surface area contributed by atoms with E-state index >= 15 is 0 Å². The fourth-order valence-corrected chi connectivity index (χ4v) is 2.96. The van der Waals surface area contributed by atoms with Crippen LogP contribution in [-0.4, -0.2) is 19.0 Å². The summed E-state index contributed by atoms with van der Waals surface area (Å²) < 4.78 is 0. The number of likely N-dealkylation sites (N-methyl/N-ethyl adjacent to an activating group) is 1. The fourth-order valence-electron chi connectivity index (χ4n) is 2.96. The van der Waals surface area contributed by atoms with Gasteiger partial charge in [0.05, 0.1) is 12.0 Å². The van der Waals surface area contributed by atoms with Crippen LogP contribution in [0.5, 0.6) is 0 Å². The van der Waals surface area contributed by atoms with Crippen molar-refractivity contribution in [2.75, 3.05) is 11.9 Å². The Labute approximate surface area is 105 Å². The highest BCUT2D eigenvalue weighted by Crippen LogP contribution is 2.48. The van der Waals surface area contributed by atoms with Crippen LogP contribution in [0.1, 0.15) is 30.4 Å². The number of benzene rings is 1. The fraction of sp³-hybridized carbons (Fsp3) is 0.429. The molecule has 4 nitrogen and oxygen atoms in total. The first-order valence-corrected chi connectivity index (χ1v) is 6.16. The molecule has 0 unspecified atom stereocenters. The largest absolute Gasteiger partial charge is 0.315 e. The lowest BCUT2D eigenvalue weighted by Crippen LogP contribution is -2.32. The van der Waals surface area contributed by atoms with Crippen molar-refractivity contribution in [2.24, 2.45) is 4.99 Å². The van der Waals surface area contributed by atoms with E-state index in [2.05, 4.69) is 4.99 Å². The quantitative estimate of drug-likeness (QED) is 0.587. The molecule has 1 fully saturated rings. The molecule has 0 saturated heterocycles. The first kappa shape index (κ1) is 11.2. The molecule has 0 radical (unpaired) electrons. The van der Waals surface area contributed by atoms with E-state index in [0.29, 0.717) is 6.42 Å². The lowest BCUT2D eigenvalue weighted by atomic mass is 9.70. The molecule has 0 spiro atoms. The number of amides is 1. The van der Waals surface area contributed by atoms with Crippen molar-refractivity contribution >= 4 is 17.7 Å². The van der Waals surface area contributed by atoms with Crippen LogP contribution >= 0.6 is 0 Å². The van der Waals surface area contributed by atoms with E-state index in [9.17, 15) is 9.59 Å². The zero-order valence-corrected chi connectivity index (χ0v) is 10.3. The van der Waals surface area contributed by atoms with Crippen LogP contribution < -0.4 is 4.90 Å². The Bertz CT molecular complexity index is 569. The molecule has 1 aromatic carbocycles. The first-order chi connectivity index (χ1) is 8.68. The maximum atomic E-state index is 11.8. The Morgan fingerprint density at radius 3 is 2.78 bits per heavy atom. The predicted octanol–water partition coefficient (Wildman–Crippen LogP) is 1.92. The number of hydrogen-bond donors (Lipinski definition) is 0. The zero-order chi connectivity index (χ0) is 12.8. The molecule has 1 heterocycles. The number of carbonyl (C=O) groups is 1. The summed E-state index contributed by atoms with van der Waals surface area (Å²) in [7, 11) is 1.79. The highest BCUT2D eigenvalue weighted by molar-refractivity contribution is 6.01. The van der Waals surface area contributed by atoms with Gasteiger partial charge in [-0.1, -0.05) is 12.1 Å². The van der Waals surface area contributed by atoms with Gasteiger partial charge in [0.1, 0.15) is 0 Å². The van der Waals surface area contributed by atoms with E-state index in [4.69, 9.17) is 0 Å². The average Bonchev–Trinajstić information content (AvgIpc) is 2.61. The summed E-state index contributed by atoms with van der Waals surface area (Å²) in [5.41, 5.74) is 2.60. The van der Waals surface area contributed by atoms with Crippen molar-refractivity contribution in [3.63, 3.8) is 0 Å². The number of isocyanates is 1. The Morgan fingerprint density at radius 1 is 1.39 bits per heavy atom. The maximum Gasteiger partial charge on any atom is 0.235 e. The minimum Gasteiger partial charge on any atom is -0.315 e. The van der Waals surface area contributed by atoms with Gasteiger partial charge in [-0.15, -0.1) is 0 Å². The van der Waals surface area contributed by atoms with Gasteiger partial charge >= 0.3 is 0 Å². The van der Waals surface area contributed by atoms with E-state index in [1.54, 1.807) is 18.0 Å². The number of rotatable bonds is 2. The van der Waals surface area contributed by atoms with Crippen molar-refractivity contribution in [1.29, 1.82) is 0 Å². The number of anilines is 1. The lowest BCUT2D eigenvalue weighted by molar-refractivity contribution is -0.117. The van der Waals surface area contributed by atoms with Gasteiger partial charge in [-0.2, -0.15) is 4.99 Å². The molecule has 18 heavy (non-hydrogen) atoms. The number of aliphatic imine (C=N–C) groups is 1. The average molecular weight is 242 g/mol. The van der Waals surface area contributed by atoms with Gasteiger partial charge in [0.15, 0.2) is 0 Å². The molecule has 2 aliphatic rings. The van der Waals surface area contributed by atoms with Crippen molar-refractivity contribution in [3.8, 4) is 0 Å². The van der Waals surface area contributed by atoms with Crippen molar-refractivity contribution in [1.82, 2.24) is 0 Å². The second kappa shape index (κ2) is 3.79. The van der Waals surface area contributed by atoms with Gasteiger partial charge in [-0.3, -0.25) is 4.79 Å². The molecule has 1 aliphatic carbocycles. The van der Waals surface area contributed by atoms with Gasteiger partial charge in [0.25, 0.3) is 0 Å². The third kappa shape index (κ3) is 1.36. The number of nitrogens with zero attached hydrogens (tertiary/aromatic N) is 2. The molecular formula is C14H14N2O2. The standard InChI is InChI=1S/C14H14N2O2/c1-16-12-5-2-4-11(10(12)8-13(16)18)14(15-9-17)6-3-7-14/h2,4-5H,3,6-8H2,1H3. The second-order valence-electron chi connectivity index (χ2n) is 5.02. The summed E-state index contributed by atoms with van der Waals surface area (Å²) in [6, 6.07) is 5.87. The van der Waals surface area contributed by atoms with Gasteiger partial charge < -0.3 is 4.90 Å². The molecule has 1 aliphatic heterocycles. The number of hydrogen-bond acceptors (Lipinski definition) is 3. The predicted molar refractivity (Wildman–Crippen MR) is 67.2 cm³/mol. The molecule has 1 aromatic rings. The Kier molecular flexibility index (Phi) is 2.35. The molecule has 4 heteroatoms. The van der Waals surface area contributed by atoms with Crippen LogP contribution in [0.15, 0.2) is 23.2 Å². The summed E-state index contributed by atoms with van der Waals surface area (Å²) >= 11 is 0. The SMILES string of the molecule is CN1C(=O)Cc2c1cccc2C1(N=C=O)CCC1. The molecule has 92 valence electrons. The van der Waals surface area contributed by atoms with E-state index in [0.717, 1.165) is 36.1 Å². The molecule has 0 aromatic heterocycles. The molecule has 0 N–H and O–H groups in total. The Balaban J connectivity index is 2.15. The smallest absolute Gasteiger partial charge is 0.235 e. The first-order valence-electron chi connectivity index (χ1n) is 6.16. The van der Waals surface area contributed by atoms with E-state index in [1.807, 2.05) is 18.2 Å². The third-order valence-corrected chi connectivity index (χ3v) is 4.16. The molecule has 0 atom stereocenters. The monoisotopic (exact) mass is 242 g/mol. The summed E-state index contributed by atoms with van der Waals surface area (Å²) in [5, 5.41) is 0. The highest BCUT2D eigenvalue weighted by Gasteiger charge is 2.42. The molecular weight excluding hydrogens is 228 g/mol. The summed E-state index contributed by atoms with van der Waals surface area (Å²) in [6.07, 6.45) is 4.93. The minimum absolute atomic E-state index is 0.0991.